The van der Waals surface area contributed by atoms with E-state index in [1.165, 1.54) is 24.8 Å². The number of hydrogen-bond acceptors (Lipinski definition) is 5. The summed E-state index contributed by atoms with van der Waals surface area (Å²) in [5.41, 5.74) is 3.07. The second-order valence-corrected chi connectivity index (χ2v) is 11.1. The fourth-order valence-electron chi connectivity index (χ4n) is 5.51. The molecule has 7 heteroatoms. The van der Waals surface area contributed by atoms with Crippen LogP contribution in [-0.2, 0) is 11.2 Å². The van der Waals surface area contributed by atoms with Gasteiger partial charge < -0.3 is 14.3 Å². The summed E-state index contributed by atoms with van der Waals surface area (Å²) in [6.07, 6.45) is 8.60. The minimum atomic E-state index is -0.184. The van der Waals surface area contributed by atoms with Gasteiger partial charge >= 0.3 is 0 Å². The predicted molar refractivity (Wildman–Crippen MR) is 142 cm³/mol. The quantitative estimate of drug-likeness (QED) is 0.321. The molecule has 1 aliphatic carbocycles. The first-order valence-corrected chi connectivity index (χ1v) is 13.4. The molecule has 194 valence electrons. The van der Waals surface area contributed by atoms with Gasteiger partial charge in [0.1, 0.15) is 17.9 Å². The van der Waals surface area contributed by atoms with Crippen LogP contribution in [0.1, 0.15) is 106 Å². The molecule has 0 saturated heterocycles. The fraction of sp³-hybridized carbons (Fsp3) is 0.586. The van der Waals surface area contributed by atoms with E-state index in [4.69, 9.17) is 14.6 Å². The molecule has 0 bridgehead atoms. The average molecular weight is 492 g/mol. The van der Waals surface area contributed by atoms with Crippen molar-refractivity contribution in [3.63, 3.8) is 0 Å². The maximum Gasteiger partial charge on any atom is 0.225 e. The highest BCUT2D eigenvalue weighted by Gasteiger charge is 2.37. The molecular formula is C29H41N5O2. The number of carbonyl (C=O) groups is 1. The first-order chi connectivity index (χ1) is 17.2. The van der Waals surface area contributed by atoms with Crippen LogP contribution >= 0.6 is 0 Å². The largest absolute Gasteiger partial charge is 0.449 e. The second-order valence-electron chi connectivity index (χ2n) is 11.1. The number of benzene rings is 1. The van der Waals surface area contributed by atoms with Crippen LogP contribution in [0.4, 0.5) is 5.69 Å². The molecule has 36 heavy (non-hydrogen) atoms. The maximum absolute atomic E-state index is 13.2. The number of amides is 1. The van der Waals surface area contributed by atoms with Gasteiger partial charge in [-0.25, -0.2) is 4.98 Å². The number of nitrogens with zero attached hydrogens (tertiary/aromatic N) is 4. The van der Waals surface area contributed by atoms with Crippen molar-refractivity contribution in [3.05, 3.63) is 59.3 Å². The topological polar surface area (TPSA) is 85.8 Å². The minimum absolute atomic E-state index is 0.0422. The maximum atomic E-state index is 13.2. The minimum Gasteiger partial charge on any atom is -0.449 e. The summed E-state index contributed by atoms with van der Waals surface area (Å²) in [6, 6.07) is 6.32. The Balaban J connectivity index is 1.59. The third kappa shape index (κ3) is 6.05. The zero-order valence-corrected chi connectivity index (χ0v) is 22.6. The van der Waals surface area contributed by atoms with E-state index in [0.717, 1.165) is 41.2 Å². The van der Waals surface area contributed by atoms with E-state index in [9.17, 15) is 4.79 Å². The third-order valence-corrected chi connectivity index (χ3v) is 7.54. The SMILES string of the molecule is CCC(C)n1c(C(CC(=O)Nc2ccc(C)cc2C)Cc2ncco2)nnc1C1CC(CC(C)C)C1. The Labute approximate surface area is 215 Å². The van der Waals surface area contributed by atoms with Gasteiger partial charge in [0, 0.05) is 36.4 Å². The van der Waals surface area contributed by atoms with Gasteiger partial charge in [0.2, 0.25) is 5.91 Å². The number of anilines is 1. The highest BCUT2D eigenvalue weighted by molar-refractivity contribution is 5.92. The average Bonchev–Trinajstić information content (AvgIpc) is 3.46. The summed E-state index contributed by atoms with van der Waals surface area (Å²) < 4.78 is 7.90. The van der Waals surface area contributed by atoms with Crippen molar-refractivity contribution >= 4 is 11.6 Å². The number of hydrogen-bond donors (Lipinski definition) is 1. The Morgan fingerprint density at radius 1 is 1.19 bits per heavy atom. The molecule has 0 spiro atoms. The van der Waals surface area contributed by atoms with Crippen LogP contribution in [0.25, 0.3) is 0 Å². The van der Waals surface area contributed by atoms with E-state index in [1.54, 1.807) is 12.5 Å². The van der Waals surface area contributed by atoms with Crippen LogP contribution in [-0.4, -0.2) is 25.7 Å². The van der Waals surface area contributed by atoms with E-state index in [0.29, 0.717) is 18.2 Å². The molecule has 2 unspecified atom stereocenters. The monoisotopic (exact) mass is 491 g/mol. The molecule has 1 aliphatic rings. The van der Waals surface area contributed by atoms with Gasteiger partial charge in [-0.2, -0.15) is 0 Å². The van der Waals surface area contributed by atoms with Gasteiger partial charge in [0.05, 0.1) is 6.20 Å². The lowest BCUT2D eigenvalue weighted by molar-refractivity contribution is -0.116. The molecule has 7 nitrogen and oxygen atoms in total. The fourth-order valence-corrected chi connectivity index (χ4v) is 5.51. The van der Waals surface area contributed by atoms with Crippen molar-refractivity contribution in [2.45, 2.75) is 97.9 Å². The number of nitrogens with one attached hydrogen (secondary N) is 1. The first-order valence-electron chi connectivity index (χ1n) is 13.4. The van der Waals surface area contributed by atoms with Gasteiger partial charge in [-0.1, -0.05) is 38.5 Å². The van der Waals surface area contributed by atoms with E-state index >= 15 is 0 Å². The zero-order valence-electron chi connectivity index (χ0n) is 22.6. The standard InChI is InChI=1S/C29H41N5O2/c1-7-21(6)34-28(23-14-22(15-23)12-18(2)3)32-33-29(34)24(17-27-30-10-11-36-27)16-26(35)31-25-9-8-19(4)13-20(25)5/h8-11,13,18,21-24H,7,12,14-17H2,1-6H3,(H,31,35). The Bertz CT molecular complexity index is 1140. The molecule has 2 atom stereocenters. The summed E-state index contributed by atoms with van der Waals surface area (Å²) in [6.45, 7) is 13.1. The molecule has 0 aliphatic heterocycles. The second kappa shape index (κ2) is 11.4. The van der Waals surface area contributed by atoms with Crippen molar-refractivity contribution in [1.82, 2.24) is 19.7 Å². The first kappa shape index (κ1) is 26.1. The highest BCUT2D eigenvalue weighted by Crippen LogP contribution is 2.45. The molecule has 3 aromatic rings. The Morgan fingerprint density at radius 2 is 1.97 bits per heavy atom. The van der Waals surface area contributed by atoms with Crippen LogP contribution in [0.2, 0.25) is 0 Å². The van der Waals surface area contributed by atoms with Crippen molar-refractivity contribution in [3.8, 4) is 0 Å². The highest BCUT2D eigenvalue weighted by atomic mass is 16.3. The van der Waals surface area contributed by atoms with Crippen LogP contribution < -0.4 is 5.32 Å². The number of aryl methyl sites for hydroxylation is 2. The van der Waals surface area contributed by atoms with Gasteiger partial charge in [-0.05, 0) is 69.9 Å². The van der Waals surface area contributed by atoms with E-state index in [1.807, 2.05) is 19.1 Å². The zero-order chi connectivity index (χ0) is 25.8. The van der Waals surface area contributed by atoms with E-state index in [2.05, 4.69) is 55.6 Å². The molecule has 2 heterocycles. The van der Waals surface area contributed by atoms with Gasteiger partial charge in [0.25, 0.3) is 0 Å². The number of aromatic nitrogens is 4. The molecule has 0 radical (unpaired) electrons. The molecular weight excluding hydrogens is 450 g/mol. The predicted octanol–water partition coefficient (Wildman–Crippen LogP) is 6.75. The van der Waals surface area contributed by atoms with Crippen molar-refractivity contribution < 1.29 is 9.21 Å². The van der Waals surface area contributed by atoms with Crippen molar-refractivity contribution in [1.29, 1.82) is 0 Å². The Kier molecular flexibility index (Phi) is 8.27. The van der Waals surface area contributed by atoms with Crippen molar-refractivity contribution in [2.24, 2.45) is 11.8 Å². The smallest absolute Gasteiger partial charge is 0.225 e. The van der Waals surface area contributed by atoms with Crippen LogP contribution in [0.5, 0.6) is 0 Å². The molecule has 4 rings (SSSR count). The van der Waals surface area contributed by atoms with Crippen LogP contribution in [0.3, 0.4) is 0 Å². The number of oxazole rings is 1. The van der Waals surface area contributed by atoms with E-state index in [-0.39, 0.29) is 24.3 Å². The van der Waals surface area contributed by atoms with Gasteiger partial charge in [0.15, 0.2) is 5.89 Å². The molecule has 1 saturated carbocycles. The number of carbonyl (C=O) groups excluding carboxylic acids is 1. The van der Waals surface area contributed by atoms with Crippen molar-refractivity contribution in [2.75, 3.05) is 5.32 Å². The number of rotatable bonds is 11. The Hall–Kier alpha value is -2.96. The van der Waals surface area contributed by atoms with Gasteiger partial charge in [-0.3, -0.25) is 4.79 Å². The lowest BCUT2D eigenvalue weighted by Gasteiger charge is -2.36. The lowest BCUT2D eigenvalue weighted by Crippen LogP contribution is -2.28. The molecule has 1 fully saturated rings. The molecule has 2 aromatic heterocycles. The Morgan fingerprint density at radius 3 is 2.61 bits per heavy atom. The molecule has 1 N–H and O–H groups in total. The summed E-state index contributed by atoms with van der Waals surface area (Å²) in [4.78, 5) is 17.6. The summed E-state index contributed by atoms with van der Waals surface area (Å²) in [5, 5.41) is 12.5. The molecule has 1 amide bonds. The van der Waals surface area contributed by atoms with Crippen LogP contribution in [0, 0.1) is 25.7 Å². The molecule has 1 aromatic carbocycles. The van der Waals surface area contributed by atoms with Gasteiger partial charge in [-0.15, -0.1) is 10.2 Å². The summed E-state index contributed by atoms with van der Waals surface area (Å²) >= 11 is 0. The normalized spacial score (nSPS) is 19.2. The summed E-state index contributed by atoms with van der Waals surface area (Å²) in [7, 11) is 0. The lowest BCUT2D eigenvalue weighted by atomic mass is 9.71. The van der Waals surface area contributed by atoms with E-state index < -0.39 is 0 Å². The third-order valence-electron chi connectivity index (χ3n) is 7.54. The van der Waals surface area contributed by atoms with Crippen LogP contribution in [0.15, 0.2) is 35.1 Å². The summed E-state index contributed by atoms with van der Waals surface area (Å²) in [5.74, 6) is 4.25.